The van der Waals surface area contributed by atoms with Crippen LogP contribution in [0, 0.1) is 5.82 Å². The molecule has 0 bridgehead atoms. The van der Waals surface area contributed by atoms with Crippen molar-refractivity contribution in [3.05, 3.63) is 54.0 Å². The van der Waals surface area contributed by atoms with Crippen molar-refractivity contribution in [2.75, 3.05) is 18.5 Å². The number of aromatic nitrogens is 1. The van der Waals surface area contributed by atoms with Gasteiger partial charge in [-0.15, -0.1) is 0 Å². The third kappa shape index (κ3) is 4.64. The summed E-state index contributed by atoms with van der Waals surface area (Å²) in [6.07, 6.45) is 1.96. The number of halogens is 1. The van der Waals surface area contributed by atoms with E-state index in [0.29, 0.717) is 25.3 Å². The molecule has 26 heavy (non-hydrogen) atoms. The Hall–Kier alpha value is -2.32. The van der Waals surface area contributed by atoms with E-state index in [1.54, 1.807) is 32.0 Å². The molecule has 0 aliphatic carbocycles. The van der Waals surface area contributed by atoms with Gasteiger partial charge in [0.15, 0.2) is 0 Å². The SMILES string of the molecule is CCC(=NNc1ccc(S(=O)(=O)N(CC)CC)cn1)c1ccc(F)cc1. The molecule has 0 amide bonds. The van der Waals surface area contributed by atoms with Crippen molar-refractivity contribution < 1.29 is 12.8 Å². The number of hydrogen-bond acceptors (Lipinski definition) is 5. The summed E-state index contributed by atoms with van der Waals surface area (Å²) >= 11 is 0. The van der Waals surface area contributed by atoms with E-state index in [1.165, 1.54) is 28.7 Å². The average molecular weight is 378 g/mol. The number of anilines is 1. The maximum atomic E-state index is 13.0. The maximum Gasteiger partial charge on any atom is 0.244 e. The van der Waals surface area contributed by atoms with Crippen LogP contribution in [0.4, 0.5) is 10.2 Å². The fourth-order valence-electron chi connectivity index (χ4n) is 2.43. The predicted molar refractivity (Wildman–Crippen MR) is 101 cm³/mol. The van der Waals surface area contributed by atoms with E-state index in [4.69, 9.17) is 0 Å². The molecule has 6 nitrogen and oxygen atoms in total. The van der Waals surface area contributed by atoms with Crippen LogP contribution in [-0.2, 0) is 10.0 Å². The predicted octanol–water partition coefficient (Wildman–Crippen LogP) is 3.48. The van der Waals surface area contributed by atoms with E-state index in [-0.39, 0.29) is 10.7 Å². The van der Waals surface area contributed by atoms with Gasteiger partial charge in [0, 0.05) is 19.3 Å². The molecule has 1 N–H and O–H groups in total. The largest absolute Gasteiger partial charge is 0.261 e. The van der Waals surface area contributed by atoms with E-state index < -0.39 is 10.0 Å². The molecule has 2 aromatic rings. The Kier molecular flexibility index (Phi) is 6.82. The summed E-state index contributed by atoms with van der Waals surface area (Å²) in [6, 6.07) is 9.15. The molecule has 0 aliphatic rings. The van der Waals surface area contributed by atoms with Gasteiger partial charge in [-0.05, 0) is 36.2 Å². The molecular formula is C18H23FN4O2S. The Morgan fingerprint density at radius 3 is 2.27 bits per heavy atom. The molecule has 140 valence electrons. The van der Waals surface area contributed by atoms with Gasteiger partial charge < -0.3 is 0 Å². The topological polar surface area (TPSA) is 74.7 Å². The second-order valence-electron chi connectivity index (χ2n) is 5.50. The Bertz CT molecular complexity index is 846. The third-order valence-electron chi connectivity index (χ3n) is 3.90. The first-order valence-corrected chi connectivity index (χ1v) is 9.91. The fourth-order valence-corrected chi connectivity index (χ4v) is 3.83. The number of hydrazone groups is 1. The molecule has 0 radical (unpaired) electrons. The smallest absolute Gasteiger partial charge is 0.244 e. The molecule has 0 saturated heterocycles. The van der Waals surface area contributed by atoms with Gasteiger partial charge in [0.2, 0.25) is 10.0 Å². The summed E-state index contributed by atoms with van der Waals surface area (Å²) < 4.78 is 39.3. The molecular weight excluding hydrogens is 355 g/mol. The molecule has 0 unspecified atom stereocenters. The quantitative estimate of drug-likeness (QED) is 0.564. The number of benzene rings is 1. The van der Waals surface area contributed by atoms with Crippen molar-refractivity contribution in [3.8, 4) is 0 Å². The van der Waals surface area contributed by atoms with E-state index in [1.807, 2.05) is 6.92 Å². The Balaban J connectivity index is 2.17. The van der Waals surface area contributed by atoms with Gasteiger partial charge in [0.05, 0.1) is 5.71 Å². The van der Waals surface area contributed by atoms with Crippen LogP contribution in [0.25, 0.3) is 0 Å². The lowest BCUT2D eigenvalue weighted by molar-refractivity contribution is 0.445. The highest BCUT2D eigenvalue weighted by Crippen LogP contribution is 2.16. The van der Waals surface area contributed by atoms with Crippen LogP contribution in [0.2, 0.25) is 0 Å². The highest BCUT2D eigenvalue weighted by molar-refractivity contribution is 7.89. The molecule has 0 fully saturated rings. The van der Waals surface area contributed by atoms with Crippen molar-refractivity contribution >= 4 is 21.6 Å². The molecule has 2 rings (SSSR count). The fraction of sp³-hybridized carbons (Fsp3) is 0.333. The molecule has 1 aromatic heterocycles. The van der Waals surface area contributed by atoms with Gasteiger partial charge >= 0.3 is 0 Å². The monoisotopic (exact) mass is 378 g/mol. The molecule has 8 heteroatoms. The van der Waals surface area contributed by atoms with Crippen LogP contribution >= 0.6 is 0 Å². The summed E-state index contributed by atoms with van der Waals surface area (Å²) in [7, 11) is -3.53. The summed E-state index contributed by atoms with van der Waals surface area (Å²) in [5.41, 5.74) is 4.37. The highest BCUT2D eigenvalue weighted by atomic mass is 32.2. The Labute approximate surface area is 153 Å². The van der Waals surface area contributed by atoms with Crippen LogP contribution in [0.15, 0.2) is 52.6 Å². The summed E-state index contributed by atoms with van der Waals surface area (Å²) in [5.74, 6) is 0.125. The van der Waals surface area contributed by atoms with Crippen LogP contribution in [-0.4, -0.2) is 36.5 Å². The van der Waals surface area contributed by atoms with E-state index >= 15 is 0 Å². The first-order chi connectivity index (χ1) is 12.4. The van der Waals surface area contributed by atoms with Crippen molar-refractivity contribution in [3.63, 3.8) is 0 Å². The number of nitrogens with one attached hydrogen (secondary N) is 1. The number of hydrogen-bond donors (Lipinski definition) is 1. The first kappa shape index (κ1) is 20.0. The lowest BCUT2D eigenvalue weighted by Crippen LogP contribution is -2.30. The zero-order valence-electron chi connectivity index (χ0n) is 15.1. The molecule has 0 atom stereocenters. The third-order valence-corrected chi connectivity index (χ3v) is 5.93. The van der Waals surface area contributed by atoms with Crippen LogP contribution in [0.1, 0.15) is 32.8 Å². The molecule has 1 heterocycles. The Morgan fingerprint density at radius 2 is 1.77 bits per heavy atom. The lowest BCUT2D eigenvalue weighted by Gasteiger charge is -2.18. The van der Waals surface area contributed by atoms with Crippen molar-refractivity contribution in [2.24, 2.45) is 5.10 Å². The summed E-state index contributed by atoms with van der Waals surface area (Å²) in [6.45, 7) is 6.33. The van der Waals surface area contributed by atoms with Crippen LogP contribution in [0.3, 0.4) is 0 Å². The van der Waals surface area contributed by atoms with Gasteiger partial charge in [-0.25, -0.2) is 17.8 Å². The molecule has 0 aliphatic heterocycles. The van der Waals surface area contributed by atoms with Crippen LogP contribution < -0.4 is 5.43 Å². The lowest BCUT2D eigenvalue weighted by atomic mass is 10.1. The minimum Gasteiger partial charge on any atom is -0.261 e. The highest BCUT2D eigenvalue weighted by Gasteiger charge is 2.21. The van der Waals surface area contributed by atoms with Crippen molar-refractivity contribution in [1.82, 2.24) is 9.29 Å². The average Bonchev–Trinajstić information content (AvgIpc) is 2.65. The summed E-state index contributed by atoms with van der Waals surface area (Å²) in [4.78, 5) is 4.27. The second kappa shape index (κ2) is 8.86. The van der Waals surface area contributed by atoms with Gasteiger partial charge in [-0.2, -0.15) is 9.41 Å². The number of pyridine rings is 1. The Morgan fingerprint density at radius 1 is 1.12 bits per heavy atom. The number of rotatable bonds is 8. The summed E-state index contributed by atoms with van der Waals surface area (Å²) in [5, 5.41) is 4.29. The number of sulfonamides is 1. The second-order valence-corrected chi connectivity index (χ2v) is 7.44. The van der Waals surface area contributed by atoms with E-state index in [0.717, 1.165) is 11.3 Å². The molecule has 0 saturated carbocycles. The maximum absolute atomic E-state index is 13.0. The minimum absolute atomic E-state index is 0.143. The van der Waals surface area contributed by atoms with Gasteiger partial charge in [0.25, 0.3) is 0 Å². The van der Waals surface area contributed by atoms with Gasteiger partial charge in [-0.1, -0.05) is 32.9 Å². The number of nitrogens with zero attached hydrogens (tertiary/aromatic N) is 3. The van der Waals surface area contributed by atoms with E-state index in [2.05, 4.69) is 15.5 Å². The molecule has 1 aromatic carbocycles. The minimum atomic E-state index is -3.53. The standard InChI is InChI=1S/C18H23FN4O2S/c1-4-17(14-7-9-15(19)10-8-14)21-22-18-12-11-16(13-20-18)26(24,25)23(5-2)6-3/h7-13H,4-6H2,1-3H3,(H,20,22). The van der Waals surface area contributed by atoms with E-state index in [9.17, 15) is 12.8 Å². The van der Waals surface area contributed by atoms with Crippen molar-refractivity contribution in [2.45, 2.75) is 32.1 Å². The van der Waals surface area contributed by atoms with Crippen LogP contribution in [0.5, 0.6) is 0 Å². The van der Waals surface area contributed by atoms with Gasteiger partial charge in [0.1, 0.15) is 16.5 Å². The normalized spacial score (nSPS) is 12.4. The van der Waals surface area contributed by atoms with Gasteiger partial charge in [-0.3, -0.25) is 5.43 Å². The van der Waals surface area contributed by atoms with Crippen molar-refractivity contribution in [1.29, 1.82) is 0 Å². The zero-order chi connectivity index (χ0) is 19.2. The zero-order valence-corrected chi connectivity index (χ0v) is 15.9. The molecule has 0 spiro atoms. The first-order valence-electron chi connectivity index (χ1n) is 8.47.